The van der Waals surface area contributed by atoms with Crippen molar-refractivity contribution in [3.05, 3.63) is 33.8 Å². The minimum atomic E-state index is -0.688. The van der Waals surface area contributed by atoms with Gasteiger partial charge >= 0.3 is 5.97 Å². The molecule has 21 heavy (non-hydrogen) atoms. The molecule has 0 aliphatic heterocycles. The van der Waals surface area contributed by atoms with Gasteiger partial charge in [-0.3, -0.25) is 9.69 Å². The molecule has 0 heterocycles. The first-order valence-corrected chi connectivity index (χ1v) is 8.40. The highest BCUT2D eigenvalue weighted by Crippen LogP contribution is 2.37. The van der Waals surface area contributed by atoms with Gasteiger partial charge in [0, 0.05) is 16.6 Å². The van der Waals surface area contributed by atoms with Crippen LogP contribution >= 0.6 is 15.9 Å². The Bertz CT molecular complexity index is 510. The topological polar surface area (TPSA) is 40.5 Å². The molecule has 4 heteroatoms. The standard InChI is InChI=1S/C17H24BrNO2/c1-13-6-7-14(15(18)10-13)12-19(2)17(11-16(20)21)8-4-3-5-9-17/h6-7,10H,3-5,8-9,11-12H2,1-2H3,(H,20,21). The van der Waals surface area contributed by atoms with E-state index in [1.807, 2.05) is 0 Å². The van der Waals surface area contributed by atoms with Crippen molar-refractivity contribution >= 4 is 21.9 Å². The Balaban J connectivity index is 2.17. The molecule has 3 nitrogen and oxygen atoms in total. The Morgan fingerprint density at radius 2 is 2.00 bits per heavy atom. The molecule has 0 spiro atoms. The molecule has 1 aliphatic rings. The van der Waals surface area contributed by atoms with Crippen LogP contribution in [0.5, 0.6) is 0 Å². The summed E-state index contributed by atoms with van der Waals surface area (Å²) in [6.45, 7) is 2.86. The van der Waals surface area contributed by atoms with Crippen molar-refractivity contribution in [1.82, 2.24) is 4.90 Å². The SMILES string of the molecule is Cc1ccc(CN(C)C2(CC(=O)O)CCCCC2)c(Br)c1. The van der Waals surface area contributed by atoms with Gasteiger partial charge in [-0.05, 0) is 44.0 Å². The lowest BCUT2D eigenvalue weighted by Crippen LogP contribution is -2.49. The summed E-state index contributed by atoms with van der Waals surface area (Å²) in [7, 11) is 2.07. The molecule has 0 saturated heterocycles. The van der Waals surface area contributed by atoms with E-state index in [9.17, 15) is 9.90 Å². The number of halogens is 1. The Labute approximate surface area is 135 Å². The molecular weight excluding hydrogens is 330 g/mol. The Kier molecular flexibility index (Phi) is 5.44. The minimum absolute atomic E-state index is 0.186. The molecule has 0 aromatic heterocycles. The van der Waals surface area contributed by atoms with Crippen LogP contribution in [0.2, 0.25) is 0 Å². The van der Waals surface area contributed by atoms with Gasteiger partial charge in [0.2, 0.25) is 0 Å². The fourth-order valence-corrected chi connectivity index (χ4v) is 4.01. The van der Waals surface area contributed by atoms with Crippen molar-refractivity contribution in [1.29, 1.82) is 0 Å². The largest absolute Gasteiger partial charge is 0.481 e. The average molecular weight is 354 g/mol. The summed E-state index contributed by atoms with van der Waals surface area (Å²) < 4.78 is 1.11. The summed E-state index contributed by atoms with van der Waals surface area (Å²) >= 11 is 3.63. The number of hydrogen-bond acceptors (Lipinski definition) is 2. The molecule has 1 aliphatic carbocycles. The van der Waals surface area contributed by atoms with Crippen molar-refractivity contribution < 1.29 is 9.90 Å². The van der Waals surface area contributed by atoms with Crippen LogP contribution in [-0.4, -0.2) is 28.6 Å². The molecule has 0 amide bonds. The average Bonchev–Trinajstić information content (AvgIpc) is 2.42. The van der Waals surface area contributed by atoms with Gasteiger partial charge in [0.15, 0.2) is 0 Å². The van der Waals surface area contributed by atoms with Crippen molar-refractivity contribution in [2.24, 2.45) is 0 Å². The Morgan fingerprint density at radius 3 is 2.57 bits per heavy atom. The second kappa shape index (κ2) is 6.93. The number of benzene rings is 1. The number of hydrogen-bond donors (Lipinski definition) is 1. The van der Waals surface area contributed by atoms with Crippen LogP contribution in [0.3, 0.4) is 0 Å². The fraction of sp³-hybridized carbons (Fsp3) is 0.588. The van der Waals surface area contributed by atoms with Crippen LogP contribution < -0.4 is 0 Å². The van der Waals surface area contributed by atoms with Crippen LogP contribution in [0.25, 0.3) is 0 Å². The second-order valence-corrected chi connectivity index (χ2v) is 7.16. The molecule has 0 bridgehead atoms. The van der Waals surface area contributed by atoms with Gasteiger partial charge in [-0.2, -0.15) is 0 Å². The Morgan fingerprint density at radius 1 is 1.33 bits per heavy atom. The first-order valence-electron chi connectivity index (χ1n) is 7.61. The summed E-state index contributed by atoms with van der Waals surface area (Å²) in [5.74, 6) is -0.688. The van der Waals surface area contributed by atoms with Crippen LogP contribution in [0.4, 0.5) is 0 Å². The zero-order valence-electron chi connectivity index (χ0n) is 12.9. The van der Waals surface area contributed by atoms with Gasteiger partial charge in [0.25, 0.3) is 0 Å². The van der Waals surface area contributed by atoms with E-state index < -0.39 is 5.97 Å². The molecule has 1 saturated carbocycles. The first kappa shape index (κ1) is 16.5. The highest BCUT2D eigenvalue weighted by molar-refractivity contribution is 9.10. The van der Waals surface area contributed by atoms with Gasteiger partial charge in [-0.15, -0.1) is 0 Å². The quantitative estimate of drug-likeness (QED) is 0.854. The van der Waals surface area contributed by atoms with E-state index in [4.69, 9.17) is 0 Å². The molecule has 0 atom stereocenters. The molecule has 1 fully saturated rings. The van der Waals surface area contributed by atoms with Crippen molar-refractivity contribution in [2.45, 2.75) is 57.5 Å². The zero-order valence-corrected chi connectivity index (χ0v) is 14.4. The predicted octanol–water partition coefficient (Wildman–Crippen LogP) is 4.37. The molecular formula is C17H24BrNO2. The molecule has 1 N–H and O–H groups in total. The van der Waals surface area contributed by atoms with Crippen LogP contribution in [0, 0.1) is 6.92 Å². The maximum atomic E-state index is 11.3. The van der Waals surface area contributed by atoms with Gasteiger partial charge < -0.3 is 5.11 Å². The summed E-state index contributed by atoms with van der Waals surface area (Å²) in [5, 5.41) is 9.30. The van der Waals surface area contributed by atoms with E-state index in [0.29, 0.717) is 0 Å². The molecule has 1 aromatic rings. The molecule has 0 unspecified atom stereocenters. The molecule has 0 radical (unpaired) electrons. The lowest BCUT2D eigenvalue weighted by molar-refractivity contribution is -0.141. The summed E-state index contributed by atoms with van der Waals surface area (Å²) in [5.41, 5.74) is 2.26. The van der Waals surface area contributed by atoms with E-state index >= 15 is 0 Å². The van der Waals surface area contributed by atoms with Gasteiger partial charge in [0.1, 0.15) is 0 Å². The number of carboxylic acids is 1. The smallest absolute Gasteiger partial charge is 0.305 e. The normalized spacial score (nSPS) is 17.9. The third-order valence-corrected chi connectivity index (χ3v) is 5.43. The number of carboxylic acid groups (broad SMARTS) is 1. The lowest BCUT2D eigenvalue weighted by Gasteiger charge is -2.44. The van der Waals surface area contributed by atoms with Crippen LogP contribution in [0.1, 0.15) is 49.7 Å². The number of carbonyl (C=O) groups is 1. The van der Waals surface area contributed by atoms with Gasteiger partial charge in [0.05, 0.1) is 6.42 Å². The van der Waals surface area contributed by atoms with Crippen molar-refractivity contribution in [3.8, 4) is 0 Å². The van der Waals surface area contributed by atoms with E-state index in [2.05, 4.69) is 53.0 Å². The molecule has 116 valence electrons. The van der Waals surface area contributed by atoms with Gasteiger partial charge in [-0.25, -0.2) is 0 Å². The maximum absolute atomic E-state index is 11.3. The van der Waals surface area contributed by atoms with Crippen LogP contribution in [0.15, 0.2) is 22.7 Å². The minimum Gasteiger partial charge on any atom is -0.481 e. The van der Waals surface area contributed by atoms with Crippen molar-refractivity contribution in [3.63, 3.8) is 0 Å². The van der Waals surface area contributed by atoms with Crippen LogP contribution in [-0.2, 0) is 11.3 Å². The zero-order chi connectivity index (χ0) is 15.5. The highest BCUT2D eigenvalue weighted by Gasteiger charge is 2.38. The third-order valence-electron chi connectivity index (χ3n) is 4.69. The first-order chi connectivity index (χ1) is 9.93. The predicted molar refractivity (Wildman–Crippen MR) is 88.4 cm³/mol. The summed E-state index contributed by atoms with van der Waals surface area (Å²) in [6, 6.07) is 6.36. The maximum Gasteiger partial charge on any atom is 0.305 e. The van der Waals surface area contributed by atoms with Gasteiger partial charge in [-0.1, -0.05) is 47.3 Å². The molecule has 2 rings (SSSR count). The van der Waals surface area contributed by atoms with Crippen molar-refractivity contribution in [2.75, 3.05) is 7.05 Å². The molecule has 1 aromatic carbocycles. The number of aryl methyl sites for hydroxylation is 1. The van der Waals surface area contributed by atoms with E-state index in [1.54, 1.807) is 0 Å². The monoisotopic (exact) mass is 353 g/mol. The highest BCUT2D eigenvalue weighted by atomic mass is 79.9. The number of aliphatic carboxylic acids is 1. The number of rotatable bonds is 5. The lowest BCUT2D eigenvalue weighted by atomic mass is 9.78. The van der Waals surface area contributed by atoms with E-state index in [0.717, 1.165) is 36.7 Å². The summed E-state index contributed by atoms with van der Waals surface area (Å²) in [4.78, 5) is 13.6. The van der Waals surface area contributed by atoms with E-state index in [1.165, 1.54) is 17.5 Å². The van der Waals surface area contributed by atoms with E-state index in [-0.39, 0.29) is 12.0 Å². The second-order valence-electron chi connectivity index (χ2n) is 6.31. The Hall–Kier alpha value is -0.870. The number of nitrogens with zero attached hydrogens (tertiary/aromatic N) is 1. The summed E-state index contributed by atoms with van der Waals surface area (Å²) in [6.07, 6.45) is 5.70. The third kappa shape index (κ3) is 4.07. The fourth-order valence-electron chi connectivity index (χ4n) is 3.39.